The number of unbranched alkanes of at least 4 members (excludes halogenated alkanes) is 2. The number of hydrogen-bond donors (Lipinski definition) is 0. The van der Waals surface area contributed by atoms with Crippen LogP contribution in [0, 0.1) is 17.8 Å². The molecule has 0 aromatic rings. The molecule has 2 aliphatic rings. The normalized spacial score (nSPS) is 22.3. The van der Waals surface area contributed by atoms with Gasteiger partial charge in [0, 0.05) is 13.0 Å². The second-order valence-electron chi connectivity index (χ2n) is 10.1. The summed E-state index contributed by atoms with van der Waals surface area (Å²) >= 11 is 0. The molecule has 2 rings (SSSR count). The summed E-state index contributed by atoms with van der Waals surface area (Å²) in [5, 5.41) is 0. The SMILES string of the molecule is C=C(CCCCCC(OC(=O)C#CC)C(/C=C/C1CC(C)=CCO1)OC)CC(C)CC1CC=CCO1. The van der Waals surface area contributed by atoms with Gasteiger partial charge in [-0.1, -0.05) is 67.4 Å². The van der Waals surface area contributed by atoms with Crippen molar-refractivity contribution < 1.29 is 23.7 Å². The zero-order chi connectivity index (χ0) is 26.2. The van der Waals surface area contributed by atoms with E-state index >= 15 is 0 Å². The number of hydrogen-bond acceptors (Lipinski definition) is 5. The van der Waals surface area contributed by atoms with Crippen LogP contribution in [0.3, 0.4) is 0 Å². The van der Waals surface area contributed by atoms with E-state index < -0.39 is 5.97 Å². The summed E-state index contributed by atoms with van der Waals surface area (Å²) in [6.45, 7) is 11.7. The van der Waals surface area contributed by atoms with Crippen LogP contribution in [0.5, 0.6) is 0 Å². The molecular formula is C31H46O5. The van der Waals surface area contributed by atoms with E-state index in [-0.39, 0.29) is 18.3 Å². The molecule has 0 aromatic heterocycles. The van der Waals surface area contributed by atoms with Gasteiger partial charge in [0.05, 0.1) is 25.4 Å². The maximum absolute atomic E-state index is 12.1. The molecule has 2 aliphatic heterocycles. The first-order valence-corrected chi connectivity index (χ1v) is 13.5. The molecule has 200 valence electrons. The second-order valence-corrected chi connectivity index (χ2v) is 10.1. The lowest BCUT2D eigenvalue weighted by Crippen LogP contribution is -2.31. The van der Waals surface area contributed by atoms with Gasteiger partial charge in [0.2, 0.25) is 0 Å². The van der Waals surface area contributed by atoms with Crippen LogP contribution < -0.4 is 0 Å². The van der Waals surface area contributed by atoms with Crippen LogP contribution in [0.1, 0.15) is 78.6 Å². The van der Waals surface area contributed by atoms with Gasteiger partial charge in [0.25, 0.3) is 0 Å². The van der Waals surface area contributed by atoms with Crippen molar-refractivity contribution in [3.63, 3.8) is 0 Å². The van der Waals surface area contributed by atoms with E-state index in [1.165, 1.54) is 11.1 Å². The van der Waals surface area contributed by atoms with E-state index in [4.69, 9.17) is 18.9 Å². The van der Waals surface area contributed by atoms with Gasteiger partial charge >= 0.3 is 5.97 Å². The lowest BCUT2D eigenvalue weighted by molar-refractivity contribution is -0.147. The van der Waals surface area contributed by atoms with Gasteiger partial charge in [-0.15, -0.1) is 0 Å². The molecule has 0 spiro atoms. The lowest BCUT2D eigenvalue weighted by Gasteiger charge is -2.24. The van der Waals surface area contributed by atoms with Gasteiger partial charge in [-0.25, -0.2) is 4.79 Å². The fourth-order valence-electron chi connectivity index (χ4n) is 4.81. The molecule has 0 saturated carbocycles. The predicted molar refractivity (Wildman–Crippen MR) is 146 cm³/mol. The Morgan fingerprint density at radius 1 is 1.25 bits per heavy atom. The van der Waals surface area contributed by atoms with Crippen molar-refractivity contribution in [3.8, 4) is 11.8 Å². The minimum absolute atomic E-state index is 0.0222. The van der Waals surface area contributed by atoms with Gasteiger partial charge in [-0.2, -0.15) is 0 Å². The first-order valence-electron chi connectivity index (χ1n) is 13.5. The highest BCUT2D eigenvalue weighted by Crippen LogP contribution is 2.24. The highest BCUT2D eigenvalue weighted by Gasteiger charge is 2.23. The Labute approximate surface area is 219 Å². The average molecular weight is 499 g/mol. The Morgan fingerprint density at radius 2 is 2.08 bits per heavy atom. The molecule has 2 heterocycles. The molecule has 0 aromatic carbocycles. The van der Waals surface area contributed by atoms with Crippen molar-refractivity contribution in [2.75, 3.05) is 20.3 Å². The Kier molecular flexibility index (Phi) is 14.5. The summed E-state index contributed by atoms with van der Waals surface area (Å²) in [5.41, 5.74) is 2.63. The first-order chi connectivity index (χ1) is 17.4. The number of ether oxygens (including phenoxy) is 4. The molecule has 5 nitrogen and oxygen atoms in total. The van der Waals surface area contributed by atoms with E-state index in [2.05, 4.69) is 50.5 Å². The van der Waals surface area contributed by atoms with E-state index in [0.29, 0.717) is 18.6 Å². The van der Waals surface area contributed by atoms with Crippen LogP contribution in [0.15, 0.2) is 48.1 Å². The molecule has 5 heteroatoms. The summed E-state index contributed by atoms with van der Waals surface area (Å²) in [5.74, 6) is 5.17. The van der Waals surface area contributed by atoms with Crippen LogP contribution in [-0.2, 0) is 23.7 Å². The van der Waals surface area contributed by atoms with Crippen molar-refractivity contribution in [2.24, 2.45) is 5.92 Å². The molecule has 0 bridgehead atoms. The fraction of sp³-hybridized carbons (Fsp3) is 0.645. The minimum atomic E-state index is -0.509. The van der Waals surface area contributed by atoms with Crippen molar-refractivity contribution in [2.45, 2.75) is 103 Å². The molecule has 5 atom stereocenters. The van der Waals surface area contributed by atoms with Crippen molar-refractivity contribution in [1.29, 1.82) is 0 Å². The Balaban J connectivity index is 1.77. The molecule has 0 amide bonds. The molecule has 5 unspecified atom stereocenters. The average Bonchev–Trinajstić information content (AvgIpc) is 2.84. The predicted octanol–water partition coefficient (Wildman–Crippen LogP) is 6.50. The molecule has 0 N–H and O–H groups in total. The monoisotopic (exact) mass is 498 g/mol. The third kappa shape index (κ3) is 12.2. The lowest BCUT2D eigenvalue weighted by atomic mass is 9.92. The summed E-state index contributed by atoms with van der Waals surface area (Å²) in [6.07, 6.45) is 18.9. The van der Waals surface area contributed by atoms with Gasteiger partial charge in [0.15, 0.2) is 0 Å². The first kappa shape index (κ1) is 30.1. The van der Waals surface area contributed by atoms with Crippen molar-refractivity contribution >= 4 is 5.97 Å². The number of carbonyl (C=O) groups is 1. The zero-order valence-corrected chi connectivity index (χ0v) is 22.8. The van der Waals surface area contributed by atoms with E-state index in [1.54, 1.807) is 14.0 Å². The van der Waals surface area contributed by atoms with Crippen molar-refractivity contribution in [3.05, 3.63) is 48.1 Å². The summed E-state index contributed by atoms with van der Waals surface area (Å²) in [7, 11) is 1.65. The molecule has 0 aliphatic carbocycles. The minimum Gasteiger partial charge on any atom is -0.450 e. The number of methoxy groups -OCH3 is 1. The van der Waals surface area contributed by atoms with Crippen LogP contribution in [0.25, 0.3) is 0 Å². The third-order valence-electron chi connectivity index (χ3n) is 6.72. The van der Waals surface area contributed by atoms with Gasteiger partial charge < -0.3 is 18.9 Å². The van der Waals surface area contributed by atoms with Crippen LogP contribution in [0.2, 0.25) is 0 Å². The highest BCUT2D eigenvalue weighted by molar-refractivity contribution is 5.88. The molecule has 0 fully saturated rings. The largest absolute Gasteiger partial charge is 0.450 e. The van der Waals surface area contributed by atoms with Gasteiger partial charge in [-0.05, 0) is 71.1 Å². The third-order valence-corrected chi connectivity index (χ3v) is 6.72. The van der Waals surface area contributed by atoms with Gasteiger partial charge in [-0.3, -0.25) is 0 Å². The summed E-state index contributed by atoms with van der Waals surface area (Å²) in [6, 6.07) is 0. The quantitative estimate of drug-likeness (QED) is 0.0848. The maximum atomic E-state index is 12.1. The van der Waals surface area contributed by atoms with Crippen LogP contribution in [-0.4, -0.2) is 50.7 Å². The van der Waals surface area contributed by atoms with Crippen LogP contribution in [0.4, 0.5) is 0 Å². The van der Waals surface area contributed by atoms with Crippen molar-refractivity contribution in [1.82, 2.24) is 0 Å². The molecule has 0 radical (unpaired) electrons. The molecule has 36 heavy (non-hydrogen) atoms. The van der Waals surface area contributed by atoms with E-state index in [9.17, 15) is 4.79 Å². The standard InChI is InChI=1S/C31H46O5/c1-6-12-31(32)36-30(29(33-5)17-16-28-22-25(3)18-20-35-28)15-9-7-8-13-24(2)21-26(4)23-27-14-10-11-19-34-27/h10-11,16-18,26-30H,2,7-9,13-15,19-23H2,1,3-5H3/b17-16+. The van der Waals surface area contributed by atoms with E-state index in [0.717, 1.165) is 64.4 Å². The maximum Gasteiger partial charge on any atom is 0.384 e. The Hall–Kier alpha value is -2.13. The van der Waals surface area contributed by atoms with Gasteiger partial charge in [0.1, 0.15) is 12.2 Å². The number of esters is 1. The summed E-state index contributed by atoms with van der Waals surface area (Å²) in [4.78, 5) is 12.1. The highest BCUT2D eigenvalue weighted by atomic mass is 16.6. The number of allylic oxidation sites excluding steroid dienone is 1. The topological polar surface area (TPSA) is 54.0 Å². The number of rotatable bonds is 15. The van der Waals surface area contributed by atoms with Crippen LogP contribution >= 0.6 is 0 Å². The Morgan fingerprint density at radius 3 is 2.78 bits per heavy atom. The van der Waals surface area contributed by atoms with E-state index in [1.807, 2.05) is 12.2 Å². The summed E-state index contributed by atoms with van der Waals surface area (Å²) < 4.78 is 23.0. The Bertz CT molecular complexity index is 828. The number of carbonyl (C=O) groups excluding carboxylic acids is 1. The fourth-order valence-corrected chi connectivity index (χ4v) is 4.81. The second kappa shape index (κ2) is 17.3. The molecular weight excluding hydrogens is 452 g/mol. The zero-order valence-electron chi connectivity index (χ0n) is 22.8. The molecule has 0 saturated heterocycles. The smallest absolute Gasteiger partial charge is 0.384 e.